The van der Waals surface area contributed by atoms with Gasteiger partial charge in [0.15, 0.2) is 5.78 Å². The molecular formula is C19H23NO. The lowest BCUT2D eigenvalue weighted by Crippen LogP contribution is -2.26. The van der Waals surface area contributed by atoms with Gasteiger partial charge in [0.2, 0.25) is 0 Å². The maximum Gasteiger partial charge on any atom is 0.182 e. The second-order valence-electron chi connectivity index (χ2n) is 5.89. The summed E-state index contributed by atoms with van der Waals surface area (Å²) in [6.07, 6.45) is 0. The van der Waals surface area contributed by atoms with Crippen molar-refractivity contribution in [1.29, 1.82) is 0 Å². The lowest BCUT2D eigenvalue weighted by molar-refractivity contribution is 0.0999. The molecule has 0 spiro atoms. The summed E-state index contributed by atoms with van der Waals surface area (Å²) in [6.45, 7) is 8.55. The van der Waals surface area contributed by atoms with E-state index in [1.807, 2.05) is 37.9 Å². The van der Waals surface area contributed by atoms with Crippen LogP contribution in [0.25, 0.3) is 0 Å². The number of likely N-dealkylation sites (N-methyl/N-ethyl adjacent to an activating group) is 1. The zero-order chi connectivity index (χ0) is 15.6. The Morgan fingerprint density at radius 1 is 0.952 bits per heavy atom. The van der Waals surface area contributed by atoms with Crippen LogP contribution in [0.1, 0.15) is 32.6 Å². The van der Waals surface area contributed by atoms with Crippen LogP contribution in [0.4, 0.5) is 5.69 Å². The molecule has 0 heterocycles. The molecule has 0 fully saturated rings. The summed E-state index contributed by atoms with van der Waals surface area (Å²) in [5.74, 6) is 0.175. The van der Waals surface area contributed by atoms with Gasteiger partial charge in [-0.05, 0) is 56.5 Å². The number of ketones is 1. The Bertz CT molecular complexity index is 650. The minimum absolute atomic E-state index is 0.175. The van der Waals surface area contributed by atoms with Gasteiger partial charge in [0, 0.05) is 18.3 Å². The quantitative estimate of drug-likeness (QED) is 0.781. The van der Waals surface area contributed by atoms with Crippen molar-refractivity contribution < 1.29 is 4.79 Å². The second kappa shape index (κ2) is 6.13. The fourth-order valence-electron chi connectivity index (χ4n) is 2.87. The molecule has 0 aliphatic carbocycles. The van der Waals surface area contributed by atoms with E-state index in [1.54, 1.807) is 0 Å². The molecule has 0 unspecified atom stereocenters. The summed E-state index contributed by atoms with van der Waals surface area (Å²) in [7, 11) is 1.96. The van der Waals surface area contributed by atoms with E-state index in [1.165, 1.54) is 11.1 Å². The van der Waals surface area contributed by atoms with E-state index in [0.717, 1.165) is 22.4 Å². The van der Waals surface area contributed by atoms with Crippen LogP contribution in [-0.2, 0) is 0 Å². The monoisotopic (exact) mass is 281 g/mol. The third-order valence-corrected chi connectivity index (χ3v) is 3.78. The van der Waals surface area contributed by atoms with Gasteiger partial charge in [-0.25, -0.2) is 0 Å². The Hall–Kier alpha value is -2.09. The van der Waals surface area contributed by atoms with Crippen molar-refractivity contribution in [3.63, 3.8) is 0 Å². The standard InChI is InChI=1S/C19H23NO/c1-13-7-6-8-17(11-13)20(5)12-18(21)19-15(3)9-14(2)10-16(19)4/h6-11H,12H2,1-5H3. The maximum absolute atomic E-state index is 12.6. The highest BCUT2D eigenvalue weighted by molar-refractivity contribution is 6.01. The molecule has 0 N–H and O–H groups in total. The fourth-order valence-corrected chi connectivity index (χ4v) is 2.87. The van der Waals surface area contributed by atoms with Crippen LogP contribution in [0.5, 0.6) is 0 Å². The number of carbonyl (C=O) groups is 1. The third-order valence-electron chi connectivity index (χ3n) is 3.78. The topological polar surface area (TPSA) is 20.3 Å². The molecule has 2 aromatic carbocycles. The summed E-state index contributed by atoms with van der Waals surface area (Å²) < 4.78 is 0. The molecule has 0 saturated carbocycles. The number of carbonyl (C=O) groups excluding carboxylic acids is 1. The SMILES string of the molecule is Cc1cccc(N(C)CC(=O)c2c(C)cc(C)cc2C)c1. The predicted molar refractivity (Wildman–Crippen MR) is 89.4 cm³/mol. The van der Waals surface area contributed by atoms with Gasteiger partial charge in [-0.1, -0.05) is 29.8 Å². The zero-order valence-corrected chi connectivity index (χ0v) is 13.5. The van der Waals surface area contributed by atoms with Gasteiger partial charge in [-0.15, -0.1) is 0 Å². The molecule has 0 aliphatic heterocycles. The highest BCUT2D eigenvalue weighted by atomic mass is 16.1. The molecule has 2 rings (SSSR count). The van der Waals surface area contributed by atoms with Crippen molar-refractivity contribution in [1.82, 2.24) is 0 Å². The van der Waals surface area contributed by atoms with Gasteiger partial charge in [0.25, 0.3) is 0 Å². The highest BCUT2D eigenvalue weighted by Gasteiger charge is 2.15. The number of benzene rings is 2. The second-order valence-corrected chi connectivity index (χ2v) is 5.89. The van der Waals surface area contributed by atoms with E-state index >= 15 is 0 Å². The van der Waals surface area contributed by atoms with Gasteiger partial charge >= 0.3 is 0 Å². The summed E-state index contributed by atoms with van der Waals surface area (Å²) in [4.78, 5) is 14.6. The van der Waals surface area contributed by atoms with Gasteiger partial charge in [0.05, 0.1) is 6.54 Å². The third kappa shape index (κ3) is 3.52. The predicted octanol–water partition coefficient (Wildman–Crippen LogP) is 4.24. The Morgan fingerprint density at radius 3 is 2.14 bits per heavy atom. The Labute approximate surface area is 127 Å². The number of Topliss-reactive ketones (excluding diaryl/α,β-unsaturated/α-hetero) is 1. The first kappa shape index (κ1) is 15.3. The van der Waals surface area contributed by atoms with Crippen LogP contribution < -0.4 is 4.90 Å². The molecule has 0 aliphatic rings. The van der Waals surface area contributed by atoms with Crippen LogP contribution in [-0.4, -0.2) is 19.4 Å². The van der Waals surface area contributed by atoms with E-state index in [4.69, 9.17) is 0 Å². The number of aryl methyl sites for hydroxylation is 4. The van der Waals surface area contributed by atoms with Gasteiger partial charge in [-0.2, -0.15) is 0 Å². The Kier molecular flexibility index (Phi) is 4.46. The van der Waals surface area contributed by atoms with Gasteiger partial charge in [-0.3, -0.25) is 4.79 Å². The first-order valence-electron chi connectivity index (χ1n) is 7.27. The molecule has 0 amide bonds. The molecular weight excluding hydrogens is 258 g/mol. The molecule has 21 heavy (non-hydrogen) atoms. The first-order chi connectivity index (χ1) is 9.88. The average Bonchev–Trinajstić information content (AvgIpc) is 2.37. The lowest BCUT2D eigenvalue weighted by atomic mass is 9.96. The van der Waals surface area contributed by atoms with Crippen molar-refractivity contribution in [2.75, 3.05) is 18.5 Å². The molecule has 0 radical (unpaired) electrons. The van der Waals surface area contributed by atoms with Crippen molar-refractivity contribution in [2.45, 2.75) is 27.7 Å². The van der Waals surface area contributed by atoms with E-state index < -0.39 is 0 Å². The van der Waals surface area contributed by atoms with Crippen molar-refractivity contribution >= 4 is 11.5 Å². The molecule has 2 aromatic rings. The maximum atomic E-state index is 12.6. The number of hydrogen-bond acceptors (Lipinski definition) is 2. The Morgan fingerprint density at radius 2 is 1.57 bits per heavy atom. The van der Waals surface area contributed by atoms with Crippen LogP contribution >= 0.6 is 0 Å². The molecule has 0 saturated heterocycles. The zero-order valence-electron chi connectivity index (χ0n) is 13.5. The molecule has 0 atom stereocenters. The van der Waals surface area contributed by atoms with Crippen LogP contribution in [0.2, 0.25) is 0 Å². The number of rotatable bonds is 4. The van der Waals surface area contributed by atoms with E-state index in [2.05, 4.69) is 38.1 Å². The van der Waals surface area contributed by atoms with Crippen molar-refractivity contribution in [2.24, 2.45) is 0 Å². The number of nitrogens with zero attached hydrogens (tertiary/aromatic N) is 1. The Balaban J connectivity index is 2.22. The molecule has 110 valence electrons. The first-order valence-corrected chi connectivity index (χ1v) is 7.27. The molecule has 2 nitrogen and oxygen atoms in total. The summed E-state index contributed by atoms with van der Waals surface area (Å²) >= 11 is 0. The number of anilines is 1. The molecule has 0 bridgehead atoms. The summed E-state index contributed by atoms with van der Waals surface area (Å²) in [6, 6.07) is 12.4. The smallest absolute Gasteiger partial charge is 0.182 e. The van der Waals surface area contributed by atoms with Crippen molar-refractivity contribution in [3.8, 4) is 0 Å². The van der Waals surface area contributed by atoms with Crippen LogP contribution in [0.15, 0.2) is 36.4 Å². The van der Waals surface area contributed by atoms with Crippen molar-refractivity contribution in [3.05, 3.63) is 64.2 Å². The van der Waals surface area contributed by atoms with Crippen LogP contribution in [0.3, 0.4) is 0 Å². The highest BCUT2D eigenvalue weighted by Crippen LogP contribution is 2.19. The molecule has 0 aromatic heterocycles. The lowest BCUT2D eigenvalue weighted by Gasteiger charge is -2.20. The minimum Gasteiger partial charge on any atom is -0.367 e. The summed E-state index contributed by atoms with van der Waals surface area (Å²) in [5.41, 5.74) is 6.47. The average molecular weight is 281 g/mol. The molecule has 2 heteroatoms. The van der Waals surface area contributed by atoms with Crippen LogP contribution in [0, 0.1) is 27.7 Å². The fraction of sp³-hybridized carbons (Fsp3) is 0.316. The normalized spacial score (nSPS) is 10.5. The van der Waals surface area contributed by atoms with E-state index in [9.17, 15) is 4.79 Å². The van der Waals surface area contributed by atoms with E-state index in [-0.39, 0.29) is 5.78 Å². The summed E-state index contributed by atoms with van der Waals surface area (Å²) in [5, 5.41) is 0. The van der Waals surface area contributed by atoms with E-state index in [0.29, 0.717) is 6.54 Å². The number of hydrogen-bond donors (Lipinski definition) is 0. The van der Waals surface area contributed by atoms with Gasteiger partial charge in [0.1, 0.15) is 0 Å². The largest absolute Gasteiger partial charge is 0.367 e. The minimum atomic E-state index is 0.175. The van der Waals surface area contributed by atoms with Gasteiger partial charge < -0.3 is 4.90 Å².